The Balaban J connectivity index is 1.58. The van der Waals surface area contributed by atoms with Crippen LogP contribution < -0.4 is 4.74 Å². The molecular formula is C20H24N4O3. The Morgan fingerprint density at radius 1 is 1.22 bits per heavy atom. The molecule has 0 bridgehead atoms. The molecule has 7 heteroatoms. The van der Waals surface area contributed by atoms with E-state index in [2.05, 4.69) is 15.2 Å². The quantitative estimate of drug-likeness (QED) is 0.649. The van der Waals surface area contributed by atoms with E-state index in [1.807, 2.05) is 45.0 Å². The minimum Gasteiger partial charge on any atom is -0.493 e. The SMILES string of the molecule is CCOc1ccccc1-c1nc(CN2CCCC2c2nonc2C)c(C)o1. The normalized spacial score (nSPS) is 17.5. The monoisotopic (exact) mass is 368 g/mol. The highest BCUT2D eigenvalue weighted by atomic mass is 16.6. The summed E-state index contributed by atoms with van der Waals surface area (Å²) in [6.45, 7) is 8.17. The van der Waals surface area contributed by atoms with E-state index in [0.29, 0.717) is 19.0 Å². The number of nitrogens with zero attached hydrogens (tertiary/aromatic N) is 4. The lowest BCUT2D eigenvalue weighted by Gasteiger charge is -2.21. The molecule has 4 rings (SSSR count). The molecule has 1 fully saturated rings. The largest absolute Gasteiger partial charge is 0.493 e. The smallest absolute Gasteiger partial charge is 0.230 e. The van der Waals surface area contributed by atoms with Crippen LogP contribution in [0.4, 0.5) is 0 Å². The average Bonchev–Trinajstić information content (AvgIpc) is 3.37. The summed E-state index contributed by atoms with van der Waals surface area (Å²) in [5.74, 6) is 2.22. The fourth-order valence-corrected chi connectivity index (χ4v) is 3.67. The molecule has 1 saturated heterocycles. The zero-order valence-electron chi connectivity index (χ0n) is 15.9. The van der Waals surface area contributed by atoms with Crippen LogP contribution in [0.25, 0.3) is 11.5 Å². The van der Waals surface area contributed by atoms with Gasteiger partial charge in [-0.25, -0.2) is 9.61 Å². The predicted molar refractivity (Wildman–Crippen MR) is 99.3 cm³/mol. The number of hydrogen-bond acceptors (Lipinski definition) is 7. The second kappa shape index (κ2) is 7.52. The molecule has 0 spiro atoms. The van der Waals surface area contributed by atoms with Crippen LogP contribution in [-0.4, -0.2) is 33.3 Å². The predicted octanol–water partition coefficient (Wildman–Crippen LogP) is 4.08. The van der Waals surface area contributed by atoms with E-state index in [1.54, 1.807) is 0 Å². The third-order valence-corrected chi connectivity index (χ3v) is 5.03. The molecule has 0 saturated carbocycles. The van der Waals surface area contributed by atoms with E-state index >= 15 is 0 Å². The molecule has 0 N–H and O–H groups in total. The van der Waals surface area contributed by atoms with Gasteiger partial charge in [-0.3, -0.25) is 4.90 Å². The number of aryl methyl sites for hydroxylation is 2. The van der Waals surface area contributed by atoms with E-state index in [0.717, 1.165) is 53.5 Å². The number of ether oxygens (including phenoxy) is 1. The van der Waals surface area contributed by atoms with Gasteiger partial charge in [0, 0.05) is 6.54 Å². The molecule has 7 nitrogen and oxygen atoms in total. The topological polar surface area (TPSA) is 77.4 Å². The van der Waals surface area contributed by atoms with Crippen molar-refractivity contribution in [2.24, 2.45) is 0 Å². The Morgan fingerprint density at radius 2 is 2.07 bits per heavy atom. The summed E-state index contributed by atoms with van der Waals surface area (Å²) >= 11 is 0. The second-order valence-corrected chi connectivity index (χ2v) is 6.81. The van der Waals surface area contributed by atoms with Crippen LogP contribution in [0.3, 0.4) is 0 Å². The Morgan fingerprint density at radius 3 is 2.85 bits per heavy atom. The molecule has 142 valence electrons. The van der Waals surface area contributed by atoms with Gasteiger partial charge < -0.3 is 9.15 Å². The highest BCUT2D eigenvalue weighted by molar-refractivity contribution is 5.63. The first kappa shape index (κ1) is 17.7. The molecule has 3 heterocycles. The van der Waals surface area contributed by atoms with Gasteiger partial charge in [0.05, 0.1) is 23.9 Å². The van der Waals surface area contributed by atoms with Crippen molar-refractivity contribution >= 4 is 0 Å². The number of aromatic nitrogens is 3. The first-order chi connectivity index (χ1) is 13.2. The standard InChI is InChI=1S/C20H24N4O3/c1-4-25-18-10-6-5-8-15(18)20-21-16(14(3)26-20)12-24-11-7-9-17(24)19-13(2)22-27-23-19/h5-6,8,10,17H,4,7,9,11-12H2,1-3H3. The fraction of sp³-hybridized carbons (Fsp3) is 0.450. The van der Waals surface area contributed by atoms with Crippen LogP contribution in [0, 0.1) is 13.8 Å². The van der Waals surface area contributed by atoms with E-state index < -0.39 is 0 Å². The number of para-hydroxylation sites is 1. The van der Waals surface area contributed by atoms with Crippen LogP contribution in [0.5, 0.6) is 5.75 Å². The maximum absolute atomic E-state index is 5.98. The highest BCUT2D eigenvalue weighted by Crippen LogP contribution is 2.35. The van der Waals surface area contributed by atoms with Gasteiger partial charge in [0.25, 0.3) is 0 Å². The van der Waals surface area contributed by atoms with E-state index in [9.17, 15) is 0 Å². The van der Waals surface area contributed by atoms with Crippen molar-refractivity contribution in [3.63, 3.8) is 0 Å². The lowest BCUT2D eigenvalue weighted by atomic mass is 10.1. The lowest BCUT2D eigenvalue weighted by molar-refractivity contribution is 0.228. The van der Waals surface area contributed by atoms with Crippen LogP contribution >= 0.6 is 0 Å². The summed E-state index contributed by atoms with van der Waals surface area (Å²) in [5.41, 5.74) is 3.60. The number of hydrogen-bond donors (Lipinski definition) is 0. The van der Waals surface area contributed by atoms with Gasteiger partial charge in [-0.2, -0.15) is 0 Å². The molecule has 27 heavy (non-hydrogen) atoms. The Kier molecular flexibility index (Phi) is 4.94. The van der Waals surface area contributed by atoms with Crippen molar-refractivity contribution in [1.29, 1.82) is 0 Å². The first-order valence-corrected chi connectivity index (χ1v) is 9.39. The van der Waals surface area contributed by atoms with Crippen LogP contribution in [0.15, 0.2) is 33.3 Å². The lowest BCUT2D eigenvalue weighted by Crippen LogP contribution is -2.24. The zero-order valence-corrected chi connectivity index (χ0v) is 15.9. The van der Waals surface area contributed by atoms with Crippen LogP contribution in [0.1, 0.15) is 48.6 Å². The van der Waals surface area contributed by atoms with Gasteiger partial charge in [0.2, 0.25) is 5.89 Å². The Labute approximate surface area is 158 Å². The highest BCUT2D eigenvalue weighted by Gasteiger charge is 2.31. The van der Waals surface area contributed by atoms with Crippen molar-refractivity contribution in [2.75, 3.05) is 13.2 Å². The van der Waals surface area contributed by atoms with Gasteiger partial charge in [0.15, 0.2) is 0 Å². The number of benzene rings is 1. The van der Waals surface area contributed by atoms with Crippen molar-refractivity contribution in [1.82, 2.24) is 20.2 Å². The molecule has 1 unspecified atom stereocenters. The van der Waals surface area contributed by atoms with E-state index in [4.69, 9.17) is 18.8 Å². The first-order valence-electron chi connectivity index (χ1n) is 9.39. The van der Waals surface area contributed by atoms with E-state index in [1.165, 1.54) is 0 Å². The third-order valence-electron chi connectivity index (χ3n) is 5.03. The molecule has 1 aliphatic rings. The average molecular weight is 368 g/mol. The molecular weight excluding hydrogens is 344 g/mol. The minimum absolute atomic E-state index is 0.214. The van der Waals surface area contributed by atoms with Crippen LogP contribution in [0.2, 0.25) is 0 Å². The minimum atomic E-state index is 0.214. The fourth-order valence-electron chi connectivity index (χ4n) is 3.67. The molecule has 0 radical (unpaired) electrons. The van der Waals surface area contributed by atoms with Crippen molar-refractivity contribution < 1.29 is 13.8 Å². The zero-order chi connectivity index (χ0) is 18.8. The van der Waals surface area contributed by atoms with Crippen LogP contribution in [-0.2, 0) is 6.54 Å². The van der Waals surface area contributed by atoms with Gasteiger partial charge in [-0.1, -0.05) is 22.4 Å². The second-order valence-electron chi connectivity index (χ2n) is 6.81. The van der Waals surface area contributed by atoms with Crippen molar-refractivity contribution in [3.8, 4) is 17.2 Å². The Hall–Kier alpha value is -2.67. The number of likely N-dealkylation sites (tertiary alicyclic amines) is 1. The molecule has 2 aromatic heterocycles. The summed E-state index contributed by atoms with van der Waals surface area (Å²) in [5, 5.41) is 8.04. The summed E-state index contributed by atoms with van der Waals surface area (Å²) in [7, 11) is 0. The summed E-state index contributed by atoms with van der Waals surface area (Å²) in [6.07, 6.45) is 2.17. The molecule has 0 amide bonds. The number of oxazole rings is 1. The van der Waals surface area contributed by atoms with Gasteiger partial charge in [0.1, 0.15) is 22.9 Å². The number of rotatable bonds is 6. The Bertz CT molecular complexity index is 918. The van der Waals surface area contributed by atoms with Gasteiger partial charge in [-0.15, -0.1) is 0 Å². The van der Waals surface area contributed by atoms with E-state index in [-0.39, 0.29) is 6.04 Å². The summed E-state index contributed by atoms with van der Waals surface area (Å²) in [4.78, 5) is 7.15. The van der Waals surface area contributed by atoms with Gasteiger partial charge in [-0.05, 0) is 52.3 Å². The summed E-state index contributed by atoms with van der Waals surface area (Å²) in [6, 6.07) is 8.05. The molecule has 1 aliphatic heterocycles. The molecule has 0 aliphatic carbocycles. The third kappa shape index (κ3) is 3.47. The maximum atomic E-state index is 5.98. The maximum Gasteiger partial charge on any atom is 0.230 e. The molecule has 1 atom stereocenters. The van der Waals surface area contributed by atoms with Crippen molar-refractivity contribution in [3.05, 3.63) is 47.1 Å². The van der Waals surface area contributed by atoms with Gasteiger partial charge >= 0.3 is 0 Å². The van der Waals surface area contributed by atoms with Crippen molar-refractivity contribution in [2.45, 2.75) is 46.2 Å². The summed E-state index contributed by atoms with van der Waals surface area (Å²) < 4.78 is 16.6. The molecule has 3 aromatic rings. The molecule has 1 aromatic carbocycles.